The van der Waals surface area contributed by atoms with Crippen LogP contribution in [-0.2, 0) is 6.42 Å². The van der Waals surface area contributed by atoms with E-state index in [1.54, 1.807) is 27.7 Å². The standard InChI is InChI=1S/C69H90FN3Si3/c1-21-58-61-39-55(74(42(3)4,43(5)6)44(7)8)29-34-67(61)72(64(58)22-2)53-27-32-65-59(37-53)60-38-54(28-33-66(60)71(65)52-25-23-51(70)24-26-52)73-68-35-30-56(75(45(9)10,46(11)12)47(13)14)40-62(68)63-41-57(31-36-69(63)73)76(48(15)16,49(17)18)50(19)20/h22-50H,2,21H2,1,3-20H3. The smallest absolute Gasteiger partial charge is 0.123 e. The number of nitrogens with zero attached hydrogens (tertiary/aromatic N) is 3. The van der Waals surface area contributed by atoms with Gasteiger partial charge in [-0.2, -0.15) is 0 Å². The topological polar surface area (TPSA) is 14.8 Å². The van der Waals surface area contributed by atoms with E-state index in [1.807, 2.05) is 12.1 Å². The zero-order chi connectivity index (χ0) is 55.2. The second-order valence-electron chi connectivity index (χ2n) is 25.7. The lowest BCUT2D eigenvalue weighted by Crippen LogP contribution is -2.55. The number of aromatic nitrogens is 3. The lowest BCUT2D eigenvalue weighted by atomic mass is 10.1. The van der Waals surface area contributed by atoms with Gasteiger partial charge in [-0.15, -0.1) is 0 Å². The van der Waals surface area contributed by atoms with Crippen molar-refractivity contribution in [1.82, 2.24) is 13.7 Å². The maximum absolute atomic E-state index is 14.7. The third-order valence-corrected chi connectivity index (χ3v) is 41.0. The van der Waals surface area contributed by atoms with Gasteiger partial charge in [0.2, 0.25) is 0 Å². The summed E-state index contributed by atoms with van der Waals surface area (Å²) in [6.07, 6.45) is 2.99. The van der Waals surface area contributed by atoms with E-state index >= 15 is 0 Å². The lowest BCUT2D eigenvalue weighted by molar-refractivity contribution is 0.627. The lowest BCUT2D eigenvalue weighted by Gasteiger charge is -2.44. The van der Waals surface area contributed by atoms with Crippen molar-refractivity contribution in [2.45, 2.75) is 188 Å². The fourth-order valence-corrected chi connectivity index (χ4v) is 37.8. The average molecular weight is 1060 g/mol. The first-order chi connectivity index (χ1) is 36.0. The molecular weight excluding hydrogens is 974 g/mol. The van der Waals surface area contributed by atoms with E-state index in [2.05, 4.69) is 249 Å². The van der Waals surface area contributed by atoms with Crippen molar-refractivity contribution < 1.29 is 4.39 Å². The Hall–Kier alpha value is -5.22. The van der Waals surface area contributed by atoms with Gasteiger partial charge in [-0.25, -0.2) is 4.39 Å². The first kappa shape index (κ1) is 55.5. The second-order valence-corrected chi connectivity index (χ2v) is 43.4. The highest BCUT2D eigenvalue weighted by molar-refractivity contribution is 6.96. The quantitative estimate of drug-likeness (QED) is 0.0808. The minimum Gasteiger partial charge on any atom is -0.310 e. The van der Waals surface area contributed by atoms with Crippen LogP contribution in [0.4, 0.5) is 4.39 Å². The molecular formula is C69H90FN3Si3. The van der Waals surface area contributed by atoms with E-state index in [4.69, 9.17) is 0 Å². The van der Waals surface area contributed by atoms with Crippen molar-refractivity contribution in [2.75, 3.05) is 0 Å². The van der Waals surface area contributed by atoms with Crippen LogP contribution in [0.25, 0.3) is 77.7 Å². The van der Waals surface area contributed by atoms with Crippen molar-refractivity contribution >= 4 is 100 Å². The fourth-order valence-electron chi connectivity index (χ4n) is 17.5. The fraction of sp³-hybridized carbons (Fsp3) is 0.420. The molecule has 0 amide bonds. The molecule has 6 aromatic carbocycles. The molecule has 3 nitrogen and oxygen atoms in total. The van der Waals surface area contributed by atoms with E-state index in [1.165, 1.54) is 38.3 Å². The normalized spacial score (nSPS) is 13.4. The molecule has 3 aromatic heterocycles. The summed E-state index contributed by atoms with van der Waals surface area (Å²) in [5.74, 6) is -0.238. The molecule has 0 N–H and O–H groups in total. The molecule has 0 saturated carbocycles. The predicted octanol–water partition coefficient (Wildman–Crippen LogP) is 19.8. The molecule has 0 radical (unpaired) electrons. The number of aryl methyl sites for hydroxylation is 1. The maximum Gasteiger partial charge on any atom is 0.123 e. The molecule has 400 valence electrons. The van der Waals surface area contributed by atoms with Crippen LogP contribution in [0.5, 0.6) is 0 Å². The molecule has 0 fully saturated rings. The van der Waals surface area contributed by atoms with Gasteiger partial charge in [0, 0.05) is 49.7 Å². The zero-order valence-corrected chi connectivity index (χ0v) is 52.9. The van der Waals surface area contributed by atoms with Crippen molar-refractivity contribution in [1.29, 1.82) is 0 Å². The van der Waals surface area contributed by atoms with E-state index in [9.17, 15) is 4.39 Å². The third-order valence-electron chi connectivity index (χ3n) is 19.9. The van der Waals surface area contributed by atoms with Crippen LogP contribution in [0.15, 0.2) is 122 Å². The highest BCUT2D eigenvalue weighted by Crippen LogP contribution is 2.47. The summed E-state index contributed by atoms with van der Waals surface area (Å²) in [7, 11) is -5.93. The van der Waals surface area contributed by atoms with Gasteiger partial charge < -0.3 is 13.7 Å². The predicted molar refractivity (Wildman–Crippen MR) is 343 cm³/mol. The molecule has 9 aromatic rings. The number of halogens is 1. The Morgan fingerprint density at radius 3 is 0.974 bits per heavy atom. The first-order valence-electron chi connectivity index (χ1n) is 29.2. The summed E-state index contributed by atoms with van der Waals surface area (Å²) in [6.45, 7) is 51.4. The third kappa shape index (κ3) is 8.08. The van der Waals surface area contributed by atoms with Crippen LogP contribution >= 0.6 is 0 Å². The van der Waals surface area contributed by atoms with Gasteiger partial charge in [-0.05, 0) is 147 Å². The Balaban J connectivity index is 1.36. The average Bonchev–Trinajstić information content (AvgIpc) is 4.03. The zero-order valence-electron chi connectivity index (χ0n) is 49.9. The van der Waals surface area contributed by atoms with Gasteiger partial charge in [0.1, 0.15) is 5.82 Å². The Labute approximate surface area is 459 Å². The molecule has 0 unspecified atom stereocenters. The first-order valence-corrected chi connectivity index (χ1v) is 35.9. The van der Waals surface area contributed by atoms with E-state index < -0.39 is 24.2 Å². The van der Waals surface area contributed by atoms with E-state index in [-0.39, 0.29) is 5.82 Å². The highest BCUT2D eigenvalue weighted by atomic mass is 28.3. The van der Waals surface area contributed by atoms with Gasteiger partial charge in [-0.3, -0.25) is 0 Å². The minimum absolute atomic E-state index is 0.238. The summed E-state index contributed by atoms with van der Waals surface area (Å²) in [6, 6.07) is 43.8. The Morgan fingerprint density at radius 1 is 0.368 bits per heavy atom. The maximum atomic E-state index is 14.7. The van der Waals surface area contributed by atoms with Crippen LogP contribution < -0.4 is 15.6 Å². The van der Waals surface area contributed by atoms with Crippen LogP contribution in [0, 0.1) is 5.82 Å². The summed E-state index contributed by atoms with van der Waals surface area (Å²) in [5, 5.41) is 11.1. The van der Waals surface area contributed by atoms with Crippen molar-refractivity contribution in [3.05, 3.63) is 139 Å². The van der Waals surface area contributed by atoms with Crippen LogP contribution in [-0.4, -0.2) is 37.9 Å². The molecule has 0 aliphatic carbocycles. The van der Waals surface area contributed by atoms with Crippen molar-refractivity contribution in [2.24, 2.45) is 0 Å². The van der Waals surface area contributed by atoms with Crippen molar-refractivity contribution in [3.8, 4) is 17.1 Å². The van der Waals surface area contributed by atoms with Gasteiger partial charge in [-0.1, -0.05) is 190 Å². The van der Waals surface area contributed by atoms with Crippen LogP contribution in [0.1, 0.15) is 143 Å². The molecule has 0 spiro atoms. The summed E-state index contributed by atoms with van der Waals surface area (Å²) < 4.78 is 22.0. The number of hydrogen-bond acceptors (Lipinski definition) is 0. The molecule has 3 heterocycles. The molecule has 7 heteroatoms. The van der Waals surface area contributed by atoms with Crippen LogP contribution in [0.3, 0.4) is 0 Å². The molecule has 0 aliphatic rings. The number of fused-ring (bicyclic) bond motifs is 7. The molecule has 76 heavy (non-hydrogen) atoms. The summed E-state index contributed by atoms with van der Waals surface area (Å²) >= 11 is 0. The Bertz CT molecular complexity index is 3470. The van der Waals surface area contributed by atoms with Crippen LogP contribution in [0.2, 0.25) is 49.9 Å². The molecule has 0 aliphatic heterocycles. The molecule has 0 bridgehead atoms. The Kier molecular flexibility index (Phi) is 15.0. The van der Waals surface area contributed by atoms with Gasteiger partial charge in [0.05, 0.1) is 51.8 Å². The van der Waals surface area contributed by atoms with Crippen molar-refractivity contribution in [3.63, 3.8) is 0 Å². The molecule has 0 atom stereocenters. The van der Waals surface area contributed by atoms with Gasteiger partial charge >= 0.3 is 0 Å². The minimum atomic E-state index is -2.00. The van der Waals surface area contributed by atoms with E-state index in [0.29, 0.717) is 49.9 Å². The van der Waals surface area contributed by atoms with Gasteiger partial charge in [0.25, 0.3) is 0 Å². The SMILES string of the molecule is C=Cc1c(CC)c2cc([Si](C(C)C)(C(C)C)C(C)C)ccc2n1-c1ccc2c(c1)c1cc(-n3c4ccc([Si](C(C)C)(C(C)C)C(C)C)cc4c4cc([Si](C(C)C)(C(C)C)C(C)C)ccc43)ccc1n2-c1ccc(F)cc1. The second kappa shape index (κ2) is 20.5. The highest BCUT2D eigenvalue weighted by Gasteiger charge is 2.47. The number of benzene rings is 6. The largest absolute Gasteiger partial charge is 0.310 e. The Morgan fingerprint density at radius 2 is 0.645 bits per heavy atom. The van der Waals surface area contributed by atoms with E-state index in [0.717, 1.165) is 51.0 Å². The number of hydrogen-bond donors (Lipinski definition) is 0. The molecule has 0 saturated heterocycles. The monoisotopic (exact) mass is 1060 g/mol. The van der Waals surface area contributed by atoms with Gasteiger partial charge in [0.15, 0.2) is 0 Å². The molecule has 9 rings (SSSR count). The summed E-state index contributed by atoms with van der Waals surface area (Å²) in [5.41, 5.74) is 17.0. The summed E-state index contributed by atoms with van der Waals surface area (Å²) in [4.78, 5) is 0. The number of rotatable bonds is 17.